The molecule has 0 bridgehead atoms. The lowest BCUT2D eigenvalue weighted by Gasteiger charge is -2.23. The second-order valence-electron chi connectivity index (χ2n) is 5.09. The van der Waals surface area contributed by atoms with Gasteiger partial charge in [-0.15, -0.1) is 0 Å². The summed E-state index contributed by atoms with van der Waals surface area (Å²) in [6.07, 6.45) is 1.79. The zero-order valence-electron chi connectivity index (χ0n) is 12.2. The summed E-state index contributed by atoms with van der Waals surface area (Å²) in [5, 5.41) is 0. The van der Waals surface area contributed by atoms with E-state index in [9.17, 15) is 4.79 Å². The highest BCUT2D eigenvalue weighted by molar-refractivity contribution is 9.10. The number of carbonyl (C=O) groups is 1. The summed E-state index contributed by atoms with van der Waals surface area (Å²) in [7, 11) is 0. The second-order valence-corrected chi connectivity index (χ2v) is 6.00. The smallest absolute Gasteiger partial charge is 0.164 e. The van der Waals surface area contributed by atoms with Crippen LogP contribution in [0.25, 0.3) is 0 Å². The zero-order chi connectivity index (χ0) is 14.3. The van der Waals surface area contributed by atoms with Crippen molar-refractivity contribution in [3.63, 3.8) is 0 Å². The van der Waals surface area contributed by atoms with Gasteiger partial charge >= 0.3 is 0 Å². The van der Waals surface area contributed by atoms with Crippen LogP contribution in [-0.4, -0.2) is 30.3 Å². The molecule has 0 saturated heterocycles. The molecule has 19 heavy (non-hydrogen) atoms. The summed E-state index contributed by atoms with van der Waals surface area (Å²) in [6.45, 7) is 9.59. The van der Waals surface area contributed by atoms with Crippen LogP contribution in [0.5, 0.6) is 0 Å². The second kappa shape index (κ2) is 8.49. The fraction of sp³-hybridized carbons (Fsp3) is 0.562. The van der Waals surface area contributed by atoms with Crippen LogP contribution in [-0.2, 0) is 0 Å². The fourth-order valence-corrected chi connectivity index (χ4v) is 2.25. The number of halogens is 1. The molecule has 1 aromatic rings. The summed E-state index contributed by atoms with van der Waals surface area (Å²) in [6, 6.07) is 7.61. The van der Waals surface area contributed by atoms with E-state index in [4.69, 9.17) is 0 Å². The standard InChI is InChI=1S/C16H24BrNO/c1-4-13(3)12-18(5-2)11-10-16(19)14-6-8-15(17)9-7-14/h6-9,13H,4-5,10-12H2,1-3H3. The van der Waals surface area contributed by atoms with Gasteiger partial charge in [0.2, 0.25) is 0 Å². The van der Waals surface area contributed by atoms with E-state index in [0.717, 1.165) is 29.7 Å². The molecule has 106 valence electrons. The maximum atomic E-state index is 12.1. The van der Waals surface area contributed by atoms with Crippen LogP contribution in [0.1, 0.15) is 44.0 Å². The van der Waals surface area contributed by atoms with Crippen molar-refractivity contribution in [2.75, 3.05) is 19.6 Å². The molecule has 0 heterocycles. The Morgan fingerprint density at radius 2 is 1.89 bits per heavy atom. The Hall–Kier alpha value is -0.670. The number of hydrogen-bond acceptors (Lipinski definition) is 2. The summed E-state index contributed by atoms with van der Waals surface area (Å²) < 4.78 is 1.01. The van der Waals surface area contributed by atoms with E-state index in [1.165, 1.54) is 6.42 Å². The predicted molar refractivity (Wildman–Crippen MR) is 84.7 cm³/mol. The van der Waals surface area contributed by atoms with Crippen molar-refractivity contribution in [2.45, 2.75) is 33.6 Å². The third-order valence-electron chi connectivity index (χ3n) is 3.54. The molecule has 3 heteroatoms. The maximum absolute atomic E-state index is 12.1. The van der Waals surface area contributed by atoms with Crippen LogP contribution in [0.3, 0.4) is 0 Å². The number of Topliss-reactive ketones (excluding diaryl/α,β-unsaturated/α-hetero) is 1. The van der Waals surface area contributed by atoms with E-state index < -0.39 is 0 Å². The van der Waals surface area contributed by atoms with Crippen LogP contribution in [0.4, 0.5) is 0 Å². The first kappa shape index (κ1) is 16.4. The van der Waals surface area contributed by atoms with Crippen LogP contribution in [0.2, 0.25) is 0 Å². The zero-order valence-corrected chi connectivity index (χ0v) is 13.7. The van der Waals surface area contributed by atoms with Crippen LogP contribution >= 0.6 is 15.9 Å². The number of hydrogen-bond donors (Lipinski definition) is 0. The van der Waals surface area contributed by atoms with E-state index in [-0.39, 0.29) is 5.78 Å². The lowest BCUT2D eigenvalue weighted by molar-refractivity contribution is 0.0961. The van der Waals surface area contributed by atoms with Crippen LogP contribution in [0.15, 0.2) is 28.7 Å². The van der Waals surface area contributed by atoms with Gasteiger partial charge in [-0.25, -0.2) is 0 Å². The Bertz CT molecular complexity index is 388. The normalized spacial score (nSPS) is 12.7. The van der Waals surface area contributed by atoms with E-state index in [2.05, 4.69) is 41.6 Å². The topological polar surface area (TPSA) is 20.3 Å². The minimum Gasteiger partial charge on any atom is -0.303 e. The van der Waals surface area contributed by atoms with Crippen molar-refractivity contribution >= 4 is 21.7 Å². The summed E-state index contributed by atoms with van der Waals surface area (Å²) >= 11 is 3.38. The molecule has 0 N–H and O–H groups in total. The number of nitrogens with zero attached hydrogens (tertiary/aromatic N) is 1. The summed E-state index contributed by atoms with van der Waals surface area (Å²) in [5.74, 6) is 0.929. The Morgan fingerprint density at radius 3 is 2.42 bits per heavy atom. The monoisotopic (exact) mass is 325 g/mol. The highest BCUT2D eigenvalue weighted by Gasteiger charge is 2.11. The number of benzene rings is 1. The van der Waals surface area contributed by atoms with Gasteiger partial charge in [0, 0.05) is 29.5 Å². The van der Waals surface area contributed by atoms with E-state index in [1.807, 2.05) is 24.3 Å². The van der Waals surface area contributed by atoms with Gasteiger partial charge < -0.3 is 4.90 Å². The molecule has 1 unspecified atom stereocenters. The number of carbonyl (C=O) groups excluding carboxylic acids is 1. The van der Waals surface area contributed by atoms with Crippen molar-refractivity contribution in [3.8, 4) is 0 Å². The molecule has 0 aliphatic carbocycles. The van der Waals surface area contributed by atoms with Crippen molar-refractivity contribution in [1.29, 1.82) is 0 Å². The van der Waals surface area contributed by atoms with Gasteiger partial charge in [-0.05, 0) is 24.6 Å². The Kier molecular flexibility index (Phi) is 7.32. The number of ketones is 1. The number of rotatable bonds is 8. The van der Waals surface area contributed by atoms with Crippen molar-refractivity contribution in [3.05, 3.63) is 34.3 Å². The first-order valence-corrected chi connectivity index (χ1v) is 7.87. The molecule has 0 aromatic heterocycles. The fourth-order valence-electron chi connectivity index (χ4n) is 1.99. The predicted octanol–water partition coefficient (Wildman–Crippen LogP) is 4.39. The maximum Gasteiger partial charge on any atom is 0.164 e. The lowest BCUT2D eigenvalue weighted by atomic mass is 10.1. The lowest BCUT2D eigenvalue weighted by Crippen LogP contribution is -2.30. The molecule has 1 aromatic carbocycles. The summed E-state index contributed by atoms with van der Waals surface area (Å²) in [4.78, 5) is 14.5. The molecule has 0 aliphatic rings. The van der Waals surface area contributed by atoms with Crippen molar-refractivity contribution in [1.82, 2.24) is 4.90 Å². The third-order valence-corrected chi connectivity index (χ3v) is 4.06. The summed E-state index contributed by atoms with van der Waals surface area (Å²) in [5.41, 5.74) is 0.808. The molecule has 1 atom stereocenters. The molecule has 0 saturated carbocycles. The van der Waals surface area contributed by atoms with Gasteiger partial charge in [0.05, 0.1) is 0 Å². The van der Waals surface area contributed by atoms with Gasteiger partial charge in [0.15, 0.2) is 5.78 Å². The van der Waals surface area contributed by atoms with E-state index >= 15 is 0 Å². The molecule has 0 amide bonds. The Morgan fingerprint density at radius 1 is 1.26 bits per heavy atom. The van der Waals surface area contributed by atoms with Gasteiger partial charge in [-0.3, -0.25) is 4.79 Å². The average Bonchev–Trinajstić information content (AvgIpc) is 2.43. The van der Waals surface area contributed by atoms with Gasteiger partial charge in [0.25, 0.3) is 0 Å². The molecular formula is C16H24BrNO. The average molecular weight is 326 g/mol. The molecule has 0 spiro atoms. The minimum absolute atomic E-state index is 0.232. The van der Waals surface area contributed by atoms with E-state index in [0.29, 0.717) is 12.3 Å². The van der Waals surface area contributed by atoms with E-state index in [1.54, 1.807) is 0 Å². The first-order valence-electron chi connectivity index (χ1n) is 7.07. The highest BCUT2D eigenvalue weighted by Crippen LogP contribution is 2.12. The first-order chi connectivity index (χ1) is 9.06. The van der Waals surface area contributed by atoms with Crippen molar-refractivity contribution < 1.29 is 4.79 Å². The van der Waals surface area contributed by atoms with Crippen LogP contribution in [0, 0.1) is 5.92 Å². The van der Waals surface area contributed by atoms with Gasteiger partial charge in [-0.2, -0.15) is 0 Å². The SMILES string of the molecule is CCC(C)CN(CC)CCC(=O)c1ccc(Br)cc1. The molecule has 2 nitrogen and oxygen atoms in total. The molecular weight excluding hydrogens is 302 g/mol. The third kappa shape index (κ3) is 5.87. The van der Waals surface area contributed by atoms with Crippen LogP contribution < -0.4 is 0 Å². The molecule has 0 aliphatic heterocycles. The largest absolute Gasteiger partial charge is 0.303 e. The minimum atomic E-state index is 0.232. The molecule has 0 radical (unpaired) electrons. The van der Waals surface area contributed by atoms with Gasteiger partial charge in [0.1, 0.15) is 0 Å². The molecule has 0 fully saturated rings. The van der Waals surface area contributed by atoms with Crippen molar-refractivity contribution in [2.24, 2.45) is 5.92 Å². The Balaban J connectivity index is 2.46. The van der Waals surface area contributed by atoms with Gasteiger partial charge in [-0.1, -0.05) is 55.3 Å². The Labute approximate surface area is 125 Å². The molecule has 1 rings (SSSR count). The highest BCUT2D eigenvalue weighted by atomic mass is 79.9. The quantitative estimate of drug-likeness (QED) is 0.660.